The first-order chi connectivity index (χ1) is 16.8. The van der Waals surface area contributed by atoms with Crippen LogP contribution in [0.5, 0.6) is 0 Å². The van der Waals surface area contributed by atoms with Crippen LogP contribution in [0.4, 0.5) is 11.4 Å². The fourth-order valence-corrected chi connectivity index (χ4v) is 5.44. The average molecular weight is 460 g/mol. The molecular formula is C29H41N5. The van der Waals surface area contributed by atoms with Gasteiger partial charge in [0.15, 0.2) is 0 Å². The summed E-state index contributed by atoms with van der Waals surface area (Å²) >= 11 is 0. The van der Waals surface area contributed by atoms with Gasteiger partial charge in [0.25, 0.3) is 0 Å². The van der Waals surface area contributed by atoms with E-state index in [0.29, 0.717) is 0 Å². The molecule has 2 aliphatic rings. The summed E-state index contributed by atoms with van der Waals surface area (Å²) in [6.07, 6.45) is 10.5. The lowest BCUT2D eigenvalue weighted by Gasteiger charge is -2.14. The minimum Gasteiger partial charge on any atom is -0.385 e. The molecule has 34 heavy (non-hydrogen) atoms. The highest BCUT2D eigenvalue weighted by Gasteiger charge is 2.11. The van der Waals surface area contributed by atoms with E-state index in [1.807, 2.05) is 0 Å². The van der Waals surface area contributed by atoms with Gasteiger partial charge in [-0.2, -0.15) is 0 Å². The summed E-state index contributed by atoms with van der Waals surface area (Å²) in [4.78, 5) is 10.2. The monoisotopic (exact) mass is 459 g/mol. The zero-order valence-corrected chi connectivity index (χ0v) is 20.7. The van der Waals surface area contributed by atoms with Crippen molar-refractivity contribution in [2.75, 3.05) is 63.0 Å². The van der Waals surface area contributed by atoms with Gasteiger partial charge < -0.3 is 20.4 Å². The normalized spacial score (nSPS) is 17.2. The molecule has 0 atom stereocenters. The van der Waals surface area contributed by atoms with Crippen molar-refractivity contribution in [3.8, 4) is 0 Å². The van der Waals surface area contributed by atoms with Gasteiger partial charge >= 0.3 is 0 Å². The highest BCUT2D eigenvalue weighted by Crippen LogP contribution is 2.25. The Labute approximate surface area is 204 Å². The lowest BCUT2D eigenvalue weighted by molar-refractivity contribution is 0.331. The minimum atomic E-state index is 1.03. The zero-order chi connectivity index (χ0) is 23.0. The Kier molecular flexibility index (Phi) is 8.15. The van der Waals surface area contributed by atoms with Gasteiger partial charge in [-0.3, -0.25) is 0 Å². The van der Waals surface area contributed by atoms with Gasteiger partial charge in [-0.1, -0.05) is 12.1 Å². The Morgan fingerprint density at radius 3 is 1.53 bits per heavy atom. The highest BCUT2D eigenvalue weighted by molar-refractivity contribution is 5.95. The minimum absolute atomic E-state index is 1.03. The largest absolute Gasteiger partial charge is 0.385 e. The number of rotatable bonds is 12. The van der Waals surface area contributed by atoms with Crippen molar-refractivity contribution in [1.82, 2.24) is 14.8 Å². The van der Waals surface area contributed by atoms with E-state index >= 15 is 0 Å². The zero-order valence-electron chi connectivity index (χ0n) is 20.7. The number of anilines is 2. The van der Waals surface area contributed by atoms with Crippen LogP contribution in [-0.4, -0.2) is 67.1 Å². The van der Waals surface area contributed by atoms with E-state index in [0.717, 1.165) is 24.1 Å². The predicted molar refractivity (Wildman–Crippen MR) is 146 cm³/mol. The van der Waals surface area contributed by atoms with E-state index in [1.54, 1.807) is 0 Å². The van der Waals surface area contributed by atoms with Crippen LogP contribution in [0.3, 0.4) is 0 Å². The summed E-state index contributed by atoms with van der Waals surface area (Å²) in [5.41, 5.74) is 4.48. The molecule has 0 bridgehead atoms. The SMILES string of the molecule is c1cc2cc3ccc(NCCCCN4CCCC4)cc3nc2cc1NCCCCN1CCCC1. The Balaban J connectivity index is 1.12. The molecule has 2 fully saturated rings. The van der Waals surface area contributed by atoms with Gasteiger partial charge in [0.2, 0.25) is 0 Å². The fourth-order valence-electron chi connectivity index (χ4n) is 5.44. The number of nitrogens with zero attached hydrogens (tertiary/aromatic N) is 3. The summed E-state index contributed by atoms with van der Waals surface area (Å²) in [6.45, 7) is 9.75. The van der Waals surface area contributed by atoms with E-state index < -0.39 is 0 Å². The van der Waals surface area contributed by atoms with Gasteiger partial charge in [-0.05, 0) is 121 Å². The molecule has 0 spiro atoms. The number of nitrogens with one attached hydrogen (secondary N) is 2. The highest BCUT2D eigenvalue weighted by atomic mass is 15.1. The summed E-state index contributed by atoms with van der Waals surface area (Å²) in [5, 5.41) is 9.62. The van der Waals surface area contributed by atoms with Crippen LogP contribution < -0.4 is 10.6 Å². The van der Waals surface area contributed by atoms with Crippen molar-refractivity contribution >= 4 is 33.2 Å². The molecule has 5 nitrogen and oxygen atoms in total. The molecule has 0 amide bonds. The van der Waals surface area contributed by atoms with Crippen LogP contribution in [0.2, 0.25) is 0 Å². The second-order valence-corrected chi connectivity index (χ2v) is 10.2. The summed E-state index contributed by atoms with van der Waals surface area (Å²) in [6, 6.07) is 15.4. The second-order valence-electron chi connectivity index (χ2n) is 10.2. The first-order valence-electron chi connectivity index (χ1n) is 13.6. The van der Waals surface area contributed by atoms with Crippen molar-refractivity contribution < 1.29 is 0 Å². The summed E-state index contributed by atoms with van der Waals surface area (Å²) in [5.74, 6) is 0. The lowest BCUT2D eigenvalue weighted by atomic mass is 10.1. The van der Waals surface area contributed by atoms with Crippen LogP contribution in [0, 0.1) is 0 Å². The molecule has 0 aliphatic carbocycles. The van der Waals surface area contributed by atoms with Gasteiger partial charge in [0.1, 0.15) is 0 Å². The molecule has 2 aromatic carbocycles. The summed E-state index contributed by atoms with van der Waals surface area (Å²) < 4.78 is 0. The van der Waals surface area contributed by atoms with Crippen molar-refractivity contribution in [3.63, 3.8) is 0 Å². The maximum absolute atomic E-state index is 5.00. The number of benzene rings is 2. The van der Waals surface area contributed by atoms with Crippen molar-refractivity contribution in [1.29, 1.82) is 0 Å². The molecular weight excluding hydrogens is 418 g/mol. The van der Waals surface area contributed by atoms with E-state index in [1.165, 1.54) is 113 Å². The number of likely N-dealkylation sites (tertiary alicyclic amines) is 2. The third kappa shape index (κ3) is 6.39. The molecule has 2 saturated heterocycles. The van der Waals surface area contributed by atoms with Crippen molar-refractivity contribution in [2.45, 2.75) is 51.4 Å². The van der Waals surface area contributed by atoms with E-state index in [4.69, 9.17) is 4.98 Å². The molecule has 182 valence electrons. The van der Waals surface area contributed by atoms with Crippen LogP contribution in [-0.2, 0) is 0 Å². The topological polar surface area (TPSA) is 43.4 Å². The molecule has 0 radical (unpaired) electrons. The van der Waals surface area contributed by atoms with Crippen LogP contribution >= 0.6 is 0 Å². The van der Waals surface area contributed by atoms with E-state index in [-0.39, 0.29) is 0 Å². The van der Waals surface area contributed by atoms with Gasteiger partial charge in [0.05, 0.1) is 11.0 Å². The molecule has 0 unspecified atom stereocenters. The van der Waals surface area contributed by atoms with Crippen LogP contribution in [0.1, 0.15) is 51.4 Å². The van der Waals surface area contributed by atoms with E-state index in [9.17, 15) is 0 Å². The lowest BCUT2D eigenvalue weighted by Crippen LogP contribution is -2.20. The quantitative estimate of drug-likeness (QED) is 0.258. The fraction of sp³-hybridized carbons (Fsp3) is 0.552. The standard InChI is InChI=1S/C29H41N5/c1(3-15-33-17-5-6-18-33)13-30-26-11-9-24-21-25-10-12-27(23-29(25)32-28(24)22-26)31-14-2-4-16-34-19-7-8-20-34/h9-12,21-23,30-31H,1-8,13-20H2. The number of pyridine rings is 1. The number of hydrogen-bond donors (Lipinski definition) is 2. The molecule has 5 rings (SSSR count). The molecule has 3 heterocycles. The average Bonchev–Trinajstić information content (AvgIpc) is 3.57. The Morgan fingerprint density at radius 2 is 1.06 bits per heavy atom. The molecule has 3 aromatic rings. The molecule has 1 aromatic heterocycles. The van der Waals surface area contributed by atoms with Crippen LogP contribution in [0.25, 0.3) is 21.8 Å². The third-order valence-electron chi connectivity index (χ3n) is 7.47. The maximum atomic E-state index is 5.00. The number of unbranched alkanes of at least 4 members (excludes halogenated alkanes) is 2. The molecule has 0 saturated carbocycles. The molecule has 2 N–H and O–H groups in total. The Hall–Kier alpha value is -2.37. The first-order valence-corrected chi connectivity index (χ1v) is 13.6. The van der Waals surface area contributed by atoms with E-state index in [2.05, 4.69) is 62.9 Å². The number of fused-ring (bicyclic) bond motifs is 2. The molecule has 5 heteroatoms. The smallest absolute Gasteiger partial charge is 0.0730 e. The first kappa shape index (κ1) is 23.4. The van der Waals surface area contributed by atoms with Gasteiger partial charge in [0, 0.05) is 35.2 Å². The number of aromatic nitrogens is 1. The second kappa shape index (κ2) is 11.9. The predicted octanol–water partition coefficient (Wildman–Crippen LogP) is 5.96. The Bertz CT molecular complexity index is 972. The van der Waals surface area contributed by atoms with Crippen molar-refractivity contribution in [3.05, 3.63) is 42.5 Å². The van der Waals surface area contributed by atoms with Gasteiger partial charge in [-0.15, -0.1) is 0 Å². The Morgan fingerprint density at radius 1 is 0.588 bits per heavy atom. The van der Waals surface area contributed by atoms with Crippen molar-refractivity contribution in [2.24, 2.45) is 0 Å². The summed E-state index contributed by atoms with van der Waals surface area (Å²) in [7, 11) is 0. The van der Waals surface area contributed by atoms with Gasteiger partial charge in [-0.25, -0.2) is 4.98 Å². The number of hydrogen-bond acceptors (Lipinski definition) is 5. The maximum Gasteiger partial charge on any atom is 0.0730 e. The third-order valence-corrected chi connectivity index (χ3v) is 7.47. The molecule has 2 aliphatic heterocycles. The van der Waals surface area contributed by atoms with Crippen LogP contribution in [0.15, 0.2) is 42.5 Å².